The molecule has 4 amide bonds. The van der Waals surface area contributed by atoms with Gasteiger partial charge in [-0.05, 0) is 31.4 Å². The van der Waals surface area contributed by atoms with Crippen molar-refractivity contribution in [2.45, 2.75) is 31.3 Å². The summed E-state index contributed by atoms with van der Waals surface area (Å²) in [5, 5.41) is 5.64. The molecule has 2 aliphatic rings. The number of benzene rings is 1. The summed E-state index contributed by atoms with van der Waals surface area (Å²) in [6.45, 7) is 0.199. The second-order valence-corrected chi connectivity index (χ2v) is 6.08. The minimum Gasteiger partial charge on any atom is -0.368 e. The zero-order valence-electron chi connectivity index (χ0n) is 12.7. The summed E-state index contributed by atoms with van der Waals surface area (Å²) in [6, 6.07) is 8.22. The molecule has 1 saturated heterocycles. The minimum absolute atomic E-state index is 0.188. The number of urea groups is 1. The molecule has 0 aromatic heterocycles. The van der Waals surface area contributed by atoms with Gasteiger partial charge < -0.3 is 21.3 Å². The van der Waals surface area contributed by atoms with Gasteiger partial charge in [0.15, 0.2) is 0 Å². The van der Waals surface area contributed by atoms with E-state index in [0.29, 0.717) is 5.69 Å². The standard InChI is InChI=1S/C16H20N4O3/c17-14(21)13-8-10(9-20(13)16(23)19-12-6-7-12)15(22)18-11-4-2-1-3-5-11/h1-5,10,12-13H,6-9H2,(H2,17,21)(H,18,22)(H,19,23). The number of nitrogens with zero attached hydrogens (tertiary/aromatic N) is 1. The summed E-state index contributed by atoms with van der Waals surface area (Å²) < 4.78 is 0. The highest BCUT2D eigenvalue weighted by atomic mass is 16.2. The van der Waals surface area contributed by atoms with Crippen LogP contribution in [0.4, 0.5) is 10.5 Å². The molecule has 23 heavy (non-hydrogen) atoms. The number of hydrogen-bond acceptors (Lipinski definition) is 3. The Labute approximate surface area is 134 Å². The molecule has 7 nitrogen and oxygen atoms in total. The lowest BCUT2D eigenvalue weighted by Crippen LogP contribution is -2.48. The van der Waals surface area contributed by atoms with E-state index in [1.54, 1.807) is 12.1 Å². The number of nitrogens with one attached hydrogen (secondary N) is 2. The molecule has 2 fully saturated rings. The van der Waals surface area contributed by atoms with Crippen molar-refractivity contribution in [3.63, 3.8) is 0 Å². The zero-order chi connectivity index (χ0) is 16.4. The van der Waals surface area contributed by atoms with E-state index in [0.717, 1.165) is 12.8 Å². The van der Waals surface area contributed by atoms with Gasteiger partial charge in [-0.2, -0.15) is 0 Å². The first-order valence-corrected chi connectivity index (χ1v) is 7.77. The molecule has 0 bridgehead atoms. The van der Waals surface area contributed by atoms with Crippen LogP contribution in [0.2, 0.25) is 0 Å². The number of carbonyl (C=O) groups is 3. The number of likely N-dealkylation sites (tertiary alicyclic amines) is 1. The van der Waals surface area contributed by atoms with Crippen LogP contribution in [0, 0.1) is 5.92 Å². The van der Waals surface area contributed by atoms with Gasteiger partial charge >= 0.3 is 6.03 Å². The summed E-state index contributed by atoms with van der Waals surface area (Å²) in [7, 11) is 0. The lowest BCUT2D eigenvalue weighted by Gasteiger charge is -2.22. The van der Waals surface area contributed by atoms with Crippen molar-refractivity contribution < 1.29 is 14.4 Å². The second-order valence-electron chi connectivity index (χ2n) is 6.08. The number of para-hydroxylation sites is 1. The SMILES string of the molecule is NC(=O)C1CC(C(=O)Nc2ccccc2)CN1C(=O)NC1CC1. The highest BCUT2D eigenvalue weighted by molar-refractivity contribution is 5.95. The van der Waals surface area contributed by atoms with Crippen LogP contribution >= 0.6 is 0 Å². The summed E-state index contributed by atoms with van der Waals surface area (Å²) in [5.74, 6) is -1.23. The minimum atomic E-state index is -0.736. The molecule has 0 radical (unpaired) electrons. The predicted molar refractivity (Wildman–Crippen MR) is 84.4 cm³/mol. The fourth-order valence-electron chi connectivity index (χ4n) is 2.77. The van der Waals surface area contributed by atoms with Gasteiger partial charge in [-0.1, -0.05) is 18.2 Å². The fourth-order valence-corrected chi connectivity index (χ4v) is 2.77. The third-order valence-corrected chi connectivity index (χ3v) is 4.21. The Bertz CT molecular complexity index is 615. The van der Waals surface area contributed by atoms with Crippen LogP contribution in [0.15, 0.2) is 30.3 Å². The van der Waals surface area contributed by atoms with Gasteiger partial charge in [-0.3, -0.25) is 9.59 Å². The molecule has 4 N–H and O–H groups in total. The monoisotopic (exact) mass is 316 g/mol. The molecule has 2 unspecified atom stereocenters. The molecule has 3 rings (SSSR count). The third kappa shape index (κ3) is 3.61. The van der Waals surface area contributed by atoms with E-state index in [4.69, 9.17) is 5.73 Å². The molecule has 1 saturated carbocycles. The number of amides is 4. The van der Waals surface area contributed by atoms with Gasteiger partial charge in [0.2, 0.25) is 11.8 Å². The Morgan fingerprint density at radius 3 is 2.43 bits per heavy atom. The summed E-state index contributed by atoms with van der Waals surface area (Å²) in [6.07, 6.45) is 2.17. The van der Waals surface area contributed by atoms with Gasteiger partial charge in [0.25, 0.3) is 0 Å². The number of primary amides is 1. The summed E-state index contributed by atoms with van der Waals surface area (Å²) in [5.41, 5.74) is 6.08. The molecule has 1 aliphatic carbocycles. The lowest BCUT2D eigenvalue weighted by molar-refractivity contribution is -0.121. The molecule has 1 aliphatic heterocycles. The van der Waals surface area contributed by atoms with E-state index in [1.807, 2.05) is 18.2 Å². The van der Waals surface area contributed by atoms with E-state index in [-0.39, 0.29) is 30.9 Å². The number of rotatable bonds is 4. The van der Waals surface area contributed by atoms with Crippen LogP contribution in [0.3, 0.4) is 0 Å². The van der Waals surface area contributed by atoms with Crippen molar-refractivity contribution in [2.24, 2.45) is 11.7 Å². The molecule has 7 heteroatoms. The fraction of sp³-hybridized carbons (Fsp3) is 0.438. The molecule has 1 heterocycles. The predicted octanol–water partition coefficient (Wildman–Crippen LogP) is 0.673. The Balaban J connectivity index is 1.65. The molecule has 2 atom stereocenters. The van der Waals surface area contributed by atoms with Crippen molar-refractivity contribution in [2.75, 3.05) is 11.9 Å². The Morgan fingerprint density at radius 1 is 1.13 bits per heavy atom. The second kappa shape index (κ2) is 6.28. The van der Waals surface area contributed by atoms with E-state index >= 15 is 0 Å². The van der Waals surface area contributed by atoms with Gasteiger partial charge in [0, 0.05) is 18.3 Å². The van der Waals surface area contributed by atoms with Crippen LogP contribution in [0.1, 0.15) is 19.3 Å². The number of anilines is 1. The van der Waals surface area contributed by atoms with Crippen LogP contribution < -0.4 is 16.4 Å². The van der Waals surface area contributed by atoms with E-state index in [9.17, 15) is 14.4 Å². The van der Waals surface area contributed by atoms with Gasteiger partial charge in [-0.15, -0.1) is 0 Å². The average Bonchev–Trinajstić information content (AvgIpc) is 3.21. The highest BCUT2D eigenvalue weighted by Gasteiger charge is 2.42. The van der Waals surface area contributed by atoms with Crippen molar-refractivity contribution in [1.29, 1.82) is 0 Å². The largest absolute Gasteiger partial charge is 0.368 e. The smallest absolute Gasteiger partial charge is 0.318 e. The van der Waals surface area contributed by atoms with Gasteiger partial charge in [0.1, 0.15) is 6.04 Å². The maximum atomic E-state index is 12.4. The van der Waals surface area contributed by atoms with E-state index < -0.39 is 17.9 Å². The number of carbonyl (C=O) groups excluding carboxylic acids is 3. The van der Waals surface area contributed by atoms with Crippen LogP contribution in [0.25, 0.3) is 0 Å². The Morgan fingerprint density at radius 2 is 1.83 bits per heavy atom. The topological polar surface area (TPSA) is 105 Å². The first-order chi connectivity index (χ1) is 11.0. The molecule has 1 aromatic rings. The van der Waals surface area contributed by atoms with Crippen molar-refractivity contribution in [1.82, 2.24) is 10.2 Å². The summed E-state index contributed by atoms with van der Waals surface area (Å²) >= 11 is 0. The third-order valence-electron chi connectivity index (χ3n) is 4.21. The Hall–Kier alpha value is -2.57. The molecule has 122 valence electrons. The Kier molecular flexibility index (Phi) is 4.18. The molecule has 1 aromatic carbocycles. The maximum Gasteiger partial charge on any atom is 0.318 e. The average molecular weight is 316 g/mol. The van der Waals surface area contributed by atoms with Crippen molar-refractivity contribution in [3.8, 4) is 0 Å². The molecule has 0 spiro atoms. The molecular formula is C16H20N4O3. The van der Waals surface area contributed by atoms with E-state index in [2.05, 4.69) is 10.6 Å². The lowest BCUT2D eigenvalue weighted by atomic mass is 10.0. The van der Waals surface area contributed by atoms with Crippen LogP contribution in [-0.2, 0) is 9.59 Å². The van der Waals surface area contributed by atoms with Crippen LogP contribution in [-0.4, -0.2) is 41.4 Å². The van der Waals surface area contributed by atoms with Crippen molar-refractivity contribution >= 4 is 23.5 Å². The summed E-state index contributed by atoms with van der Waals surface area (Å²) in [4.78, 5) is 37.6. The number of hydrogen-bond donors (Lipinski definition) is 3. The maximum absolute atomic E-state index is 12.4. The van der Waals surface area contributed by atoms with E-state index in [1.165, 1.54) is 4.90 Å². The van der Waals surface area contributed by atoms with Gasteiger partial charge in [0.05, 0.1) is 5.92 Å². The zero-order valence-corrected chi connectivity index (χ0v) is 12.7. The normalized spacial score (nSPS) is 23.4. The highest BCUT2D eigenvalue weighted by Crippen LogP contribution is 2.26. The van der Waals surface area contributed by atoms with Crippen molar-refractivity contribution in [3.05, 3.63) is 30.3 Å². The first-order valence-electron chi connectivity index (χ1n) is 7.77. The quantitative estimate of drug-likeness (QED) is 0.760. The van der Waals surface area contributed by atoms with Gasteiger partial charge in [-0.25, -0.2) is 4.79 Å². The molecular weight excluding hydrogens is 296 g/mol. The first kappa shape index (κ1) is 15.3. The number of nitrogens with two attached hydrogens (primary N) is 1. The van der Waals surface area contributed by atoms with Crippen LogP contribution in [0.5, 0.6) is 0 Å².